The number of benzene rings is 2. The normalized spacial score (nSPS) is 16.9. The molecule has 8 nitrogen and oxygen atoms in total. The summed E-state index contributed by atoms with van der Waals surface area (Å²) in [6, 6.07) is 11.4. The molecule has 4 rings (SSSR count). The summed E-state index contributed by atoms with van der Waals surface area (Å²) in [5.41, 5.74) is 3.10. The van der Waals surface area contributed by atoms with Crippen molar-refractivity contribution in [1.29, 1.82) is 0 Å². The van der Waals surface area contributed by atoms with E-state index in [1.165, 1.54) is 4.90 Å². The highest BCUT2D eigenvalue weighted by Gasteiger charge is 2.48. The number of anilines is 1. The van der Waals surface area contributed by atoms with Gasteiger partial charge in [0.25, 0.3) is 5.78 Å². The number of esters is 1. The number of aryl methyl sites for hydroxylation is 3. The van der Waals surface area contributed by atoms with Gasteiger partial charge >= 0.3 is 11.9 Å². The second-order valence-corrected chi connectivity index (χ2v) is 9.37. The number of carbonyl (C=O) groups is 3. The lowest BCUT2D eigenvalue weighted by Crippen LogP contribution is -2.29. The highest BCUT2D eigenvalue weighted by molar-refractivity contribution is 7.17. The lowest BCUT2D eigenvalue weighted by Gasteiger charge is -2.23. The molecule has 1 amide bonds. The van der Waals surface area contributed by atoms with Crippen molar-refractivity contribution in [3.63, 3.8) is 0 Å². The number of hydrogen-bond donors (Lipinski definition) is 1. The molecule has 0 bridgehead atoms. The SMILES string of the molecule is CCOC(=O)c1sc(N2C(=O)C(=O)C(=C(O)c3ccc(OC)c(C)c3)[C@H]2c2ccc(C)cc2)nc1C. The molecule has 3 aromatic rings. The summed E-state index contributed by atoms with van der Waals surface area (Å²) in [6.45, 7) is 7.29. The number of ether oxygens (including phenoxy) is 2. The first-order chi connectivity index (χ1) is 17.2. The van der Waals surface area contributed by atoms with E-state index in [0.29, 0.717) is 22.6 Å². The number of amides is 1. The monoisotopic (exact) mass is 506 g/mol. The highest BCUT2D eigenvalue weighted by atomic mass is 32.1. The molecule has 9 heteroatoms. The Kier molecular flexibility index (Phi) is 6.94. The Balaban J connectivity index is 1.91. The van der Waals surface area contributed by atoms with Gasteiger partial charge in [-0.1, -0.05) is 41.2 Å². The Morgan fingerprint density at radius 1 is 1.11 bits per heavy atom. The number of carbonyl (C=O) groups excluding carboxylic acids is 3. The first-order valence-corrected chi connectivity index (χ1v) is 12.2. The maximum absolute atomic E-state index is 13.3. The molecule has 1 saturated heterocycles. The molecule has 2 aromatic carbocycles. The van der Waals surface area contributed by atoms with E-state index in [-0.39, 0.29) is 27.9 Å². The Bertz CT molecular complexity index is 1390. The Hall–Kier alpha value is -3.98. The molecular weight excluding hydrogens is 480 g/mol. The van der Waals surface area contributed by atoms with Crippen LogP contribution in [0.2, 0.25) is 0 Å². The van der Waals surface area contributed by atoms with Crippen LogP contribution in [0.15, 0.2) is 48.0 Å². The highest BCUT2D eigenvalue weighted by Crippen LogP contribution is 2.44. The van der Waals surface area contributed by atoms with Crippen molar-refractivity contribution in [2.75, 3.05) is 18.6 Å². The number of ketones is 1. The van der Waals surface area contributed by atoms with Gasteiger partial charge in [-0.05, 0) is 57.0 Å². The molecule has 2 heterocycles. The number of aromatic nitrogens is 1. The predicted octanol–water partition coefficient (Wildman–Crippen LogP) is 4.88. The molecule has 1 aliphatic rings. The van der Waals surface area contributed by atoms with Gasteiger partial charge in [-0.3, -0.25) is 14.5 Å². The Morgan fingerprint density at radius 2 is 1.81 bits per heavy atom. The Morgan fingerprint density at radius 3 is 2.42 bits per heavy atom. The maximum atomic E-state index is 13.3. The van der Waals surface area contributed by atoms with Crippen LogP contribution in [0, 0.1) is 20.8 Å². The van der Waals surface area contributed by atoms with E-state index in [2.05, 4.69) is 4.98 Å². The molecule has 1 aliphatic heterocycles. The summed E-state index contributed by atoms with van der Waals surface area (Å²) in [4.78, 5) is 45.0. The molecule has 186 valence electrons. The molecule has 1 N–H and O–H groups in total. The van der Waals surface area contributed by atoms with Crippen LogP contribution in [0.4, 0.5) is 5.13 Å². The number of rotatable bonds is 6. The quantitative estimate of drug-likeness (QED) is 0.220. The molecule has 0 aliphatic carbocycles. The van der Waals surface area contributed by atoms with Gasteiger partial charge < -0.3 is 14.6 Å². The number of hydrogen-bond acceptors (Lipinski definition) is 8. The van der Waals surface area contributed by atoms with Crippen LogP contribution in [0.5, 0.6) is 5.75 Å². The van der Waals surface area contributed by atoms with E-state index in [1.54, 1.807) is 51.3 Å². The summed E-state index contributed by atoms with van der Waals surface area (Å²) in [5, 5.41) is 11.5. The topological polar surface area (TPSA) is 106 Å². The first-order valence-electron chi connectivity index (χ1n) is 11.3. The zero-order valence-electron chi connectivity index (χ0n) is 20.6. The molecule has 36 heavy (non-hydrogen) atoms. The standard InChI is InChI=1S/C27H26N2O6S/c1-6-35-26(33)24-16(4)28-27(36-24)29-21(17-9-7-14(2)8-10-17)20(23(31)25(29)32)22(30)18-11-12-19(34-5)15(3)13-18/h7-13,21,30H,6H2,1-5H3/t21-/m1/s1. The number of nitrogens with zero attached hydrogens (tertiary/aromatic N) is 2. The smallest absolute Gasteiger partial charge is 0.350 e. The van der Waals surface area contributed by atoms with Gasteiger partial charge in [-0.25, -0.2) is 9.78 Å². The third kappa shape index (κ3) is 4.37. The van der Waals surface area contributed by atoms with Crippen molar-refractivity contribution < 1.29 is 29.0 Å². The second kappa shape index (κ2) is 9.94. The summed E-state index contributed by atoms with van der Waals surface area (Å²) in [6.07, 6.45) is 0. The van der Waals surface area contributed by atoms with E-state index in [9.17, 15) is 19.5 Å². The average molecular weight is 507 g/mol. The number of Topliss-reactive ketones (excluding diaryl/α,β-unsaturated/α-hetero) is 1. The molecule has 1 aromatic heterocycles. The van der Waals surface area contributed by atoms with Crippen LogP contribution >= 0.6 is 11.3 Å². The lowest BCUT2D eigenvalue weighted by atomic mass is 9.94. The van der Waals surface area contributed by atoms with Crippen LogP contribution in [-0.2, 0) is 14.3 Å². The number of thiazole rings is 1. The van der Waals surface area contributed by atoms with Crippen molar-refractivity contribution in [3.05, 3.63) is 80.9 Å². The maximum Gasteiger partial charge on any atom is 0.350 e. The molecule has 0 saturated carbocycles. The van der Waals surface area contributed by atoms with Crippen molar-refractivity contribution in [3.8, 4) is 5.75 Å². The van der Waals surface area contributed by atoms with Crippen LogP contribution < -0.4 is 9.64 Å². The number of methoxy groups -OCH3 is 1. The summed E-state index contributed by atoms with van der Waals surface area (Å²) < 4.78 is 10.4. The van der Waals surface area contributed by atoms with Gasteiger partial charge in [0.05, 0.1) is 31.0 Å². The largest absolute Gasteiger partial charge is 0.507 e. The van der Waals surface area contributed by atoms with Gasteiger partial charge in [-0.15, -0.1) is 0 Å². The van der Waals surface area contributed by atoms with Gasteiger partial charge in [0, 0.05) is 5.56 Å². The average Bonchev–Trinajstić information content (AvgIpc) is 3.36. The molecule has 0 unspecified atom stereocenters. The molecular formula is C27H26N2O6S. The summed E-state index contributed by atoms with van der Waals surface area (Å²) in [5.74, 6) is -1.89. The summed E-state index contributed by atoms with van der Waals surface area (Å²) in [7, 11) is 1.55. The van der Waals surface area contributed by atoms with Gasteiger partial charge in [0.1, 0.15) is 16.4 Å². The zero-order chi connectivity index (χ0) is 26.1. The fourth-order valence-electron chi connectivity index (χ4n) is 4.15. The van der Waals surface area contributed by atoms with E-state index in [0.717, 1.165) is 22.5 Å². The lowest BCUT2D eigenvalue weighted by molar-refractivity contribution is -0.132. The minimum Gasteiger partial charge on any atom is -0.507 e. The van der Waals surface area contributed by atoms with E-state index in [1.807, 2.05) is 26.0 Å². The zero-order valence-corrected chi connectivity index (χ0v) is 21.4. The molecule has 0 radical (unpaired) electrons. The third-order valence-corrected chi connectivity index (χ3v) is 7.09. The van der Waals surface area contributed by atoms with Gasteiger partial charge in [0.15, 0.2) is 5.13 Å². The fraction of sp³-hybridized carbons (Fsp3) is 0.259. The van der Waals surface area contributed by atoms with Gasteiger partial charge in [-0.2, -0.15) is 0 Å². The van der Waals surface area contributed by atoms with Crippen molar-refractivity contribution in [2.45, 2.75) is 33.7 Å². The van der Waals surface area contributed by atoms with Crippen molar-refractivity contribution >= 4 is 39.9 Å². The molecule has 0 spiro atoms. The Labute approximate surface area is 212 Å². The van der Waals surface area contributed by atoms with E-state index >= 15 is 0 Å². The first kappa shape index (κ1) is 25.1. The van der Waals surface area contributed by atoms with E-state index < -0.39 is 23.7 Å². The van der Waals surface area contributed by atoms with Crippen molar-refractivity contribution in [1.82, 2.24) is 4.98 Å². The third-order valence-electron chi connectivity index (χ3n) is 5.96. The fourth-order valence-corrected chi connectivity index (χ4v) is 5.13. The van der Waals surface area contributed by atoms with Crippen LogP contribution in [0.3, 0.4) is 0 Å². The number of aliphatic hydroxyl groups is 1. The predicted molar refractivity (Wildman–Crippen MR) is 137 cm³/mol. The second-order valence-electron chi connectivity index (χ2n) is 8.40. The van der Waals surface area contributed by atoms with Gasteiger partial charge in [0.2, 0.25) is 0 Å². The van der Waals surface area contributed by atoms with Crippen LogP contribution in [-0.4, -0.2) is 41.5 Å². The van der Waals surface area contributed by atoms with E-state index in [4.69, 9.17) is 9.47 Å². The molecule has 1 fully saturated rings. The minimum absolute atomic E-state index is 0.0565. The van der Waals surface area contributed by atoms with Crippen LogP contribution in [0.1, 0.15) is 50.6 Å². The number of aliphatic hydroxyl groups excluding tert-OH is 1. The summed E-state index contributed by atoms with van der Waals surface area (Å²) >= 11 is 0.976. The van der Waals surface area contributed by atoms with Crippen molar-refractivity contribution in [2.24, 2.45) is 0 Å². The van der Waals surface area contributed by atoms with Crippen LogP contribution in [0.25, 0.3) is 5.76 Å². The molecule has 1 atom stereocenters. The minimum atomic E-state index is -0.936.